The highest BCUT2D eigenvalue weighted by Gasteiger charge is 2.28. The Bertz CT molecular complexity index is 608. The van der Waals surface area contributed by atoms with Gasteiger partial charge in [0.05, 0.1) is 0 Å². The van der Waals surface area contributed by atoms with Gasteiger partial charge >= 0.3 is 0 Å². The Kier molecular flexibility index (Phi) is 4.35. The van der Waals surface area contributed by atoms with Crippen LogP contribution in [0.25, 0.3) is 0 Å². The second-order valence-corrected chi connectivity index (χ2v) is 5.79. The average Bonchev–Trinajstić information content (AvgIpc) is 2.52. The summed E-state index contributed by atoms with van der Waals surface area (Å²) >= 11 is 0. The van der Waals surface area contributed by atoms with E-state index in [1.165, 1.54) is 23.6 Å². The van der Waals surface area contributed by atoms with Crippen molar-refractivity contribution in [2.45, 2.75) is 38.1 Å². The Hall–Kier alpha value is -1.67. The van der Waals surface area contributed by atoms with Gasteiger partial charge in [0, 0.05) is 12.0 Å². The Labute approximate surface area is 126 Å². The van der Waals surface area contributed by atoms with Crippen molar-refractivity contribution in [3.05, 3.63) is 71.0 Å². The van der Waals surface area contributed by atoms with Crippen LogP contribution in [-0.4, -0.2) is 6.54 Å². The first-order valence-electron chi connectivity index (χ1n) is 7.86. The molecule has 0 aromatic heterocycles. The standard InChI is InChI=1S/C19H22FN/c1-2-21-19(15-9-5-10-16(20)13-15)18-12-6-8-14-7-3-4-11-17(14)18/h3-5,7,9-11,13,18-19,21H,2,6,8,12H2,1H3. The Morgan fingerprint density at radius 1 is 1.19 bits per heavy atom. The zero-order valence-corrected chi connectivity index (χ0v) is 12.5. The van der Waals surface area contributed by atoms with E-state index in [-0.39, 0.29) is 11.9 Å². The highest BCUT2D eigenvalue weighted by molar-refractivity contribution is 5.36. The van der Waals surface area contributed by atoms with Crippen molar-refractivity contribution in [1.82, 2.24) is 5.32 Å². The molecule has 2 atom stereocenters. The molecule has 0 aliphatic heterocycles. The minimum Gasteiger partial charge on any atom is -0.310 e. The number of rotatable bonds is 4. The molecule has 0 spiro atoms. The summed E-state index contributed by atoms with van der Waals surface area (Å²) in [5, 5.41) is 3.57. The van der Waals surface area contributed by atoms with E-state index in [2.05, 4.69) is 36.5 Å². The minimum atomic E-state index is -0.153. The normalized spacial score (nSPS) is 19.0. The van der Waals surface area contributed by atoms with Crippen LogP contribution < -0.4 is 5.32 Å². The number of nitrogens with one attached hydrogen (secondary N) is 1. The molecule has 1 nitrogen and oxygen atoms in total. The van der Waals surface area contributed by atoms with Crippen LogP contribution in [0.5, 0.6) is 0 Å². The van der Waals surface area contributed by atoms with Gasteiger partial charge in [-0.05, 0) is 54.6 Å². The molecule has 1 aliphatic carbocycles. The summed E-state index contributed by atoms with van der Waals surface area (Å²) in [5.41, 5.74) is 3.94. The maximum Gasteiger partial charge on any atom is 0.123 e. The van der Waals surface area contributed by atoms with Crippen LogP contribution in [-0.2, 0) is 6.42 Å². The Morgan fingerprint density at radius 3 is 2.86 bits per heavy atom. The summed E-state index contributed by atoms with van der Waals surface area (Å²) in [5.74, 6) is 0.274. The van der Waals surface area contributed by atoms with Crippen molar-refractivity contribution < 1.29 is 4.39 Å². The molecule has 0 radical (unpaired) electrons. The maximum atomic E-state index is 13.6. The van der Waals surface area contributed by atoms with Gasteiger partial charge in [0.2, 0.25) is 0 Å². The highest BCUT2D eigenvalue weighted by atomic mass is 19.1. The van der Waals surface area contributed by atoms with Crippen molar-refractivity contribution in [2.24, 2.45) is 0 Å². The number of fused-ring (bicyclic) bond motifs is 1. The van der Waals surface area contributed by atoms with E-state index in [1.54, 1.807) is 6.07 Å². The molecule has 0 fully saturated rings. The van der Waals surface area contributed by atoms with E-state index in [0.29, 0.717) is 5.92 Å². The van der Waals surface area contributed by atoms with Gasteiger partial charge in [0.15, 0.2) is 0 Å². The molecule has 0 bridgehead atoms. The molecule has 3 rings (SSSR count). The first-order valence-corrected chi connectivity index (χ1v) is 7.86. The van der Waals surface area contributed by atoms with Crippen molar-refractivity contribution in [3.63, 3.8) is 0 Å². The predicted octanol–water partition coefficient (Wildman–Crippen LogP) is 4.60. The fourth-order valence-corrected chi connectivity index (χ4v) is 3.55. The summed E-state index contributed by atoms with van der Waals surface area (Å²) in [6, 6.07) is 15.9. The molecule has 110 valence electrons. The van der Waals surface area contributed by atoms with Crippen LogP contribution in [0.1, 0.15) is 48.4 Å². The van der Waals surface area contributed by atoms with Gasteiger partial charge < -0.3 is 5.32 Å². The summed E-state index contributed by atoms with van der Waals surface area (Å²) in [6.07, 6.45) is 3.53. The van der Waals surface area contributed by atoms with Gasteiger partial charge in [-0.2, -0.15) is 0 Å². The van der Waals surface area contributed by atoms with E-state index in [9.17, 15) is 4.39 Å². The zero-order chi connectivity index (χ0) is 14.7. The fourth-order valence-electron chi connectivity index (χ4n) is 3.55. The predicted molar refractivity (Wildman–Crippen MR) is 84.9 cm³/mol. The molecule has 0 amide bonds. The number of benzene rings is 2. The molecule has 1 N–H and O–H groups in total. The molecule has 0 heterocycles. The lowest BCUT2D eigenvalue weighted by molar-refractivity contribution is 0.407. The first kappa shape index (κ1) is 14.3. The van der Waals surface area contributed by atoms with Crippen molar-refractivity contribution >= 4 is 0 Å². The van der Waals surface area contributed by atoms with Crippen LogP contribution in [0.2, 0.25) is 0 Å². The first-order chi connectivity index (χ1) is 10.3. The minimum absolute atomic E-state index is 0.153. The van der Waals surface area contributed by atoms with E-state index in [0.717, 1.165) is 24.9 Å². The number of halogens is 1. The number of aryl methyl sites for hydroxylation is 1. The summed E-state index contributed by atoms with van der Waals surface area (Å²) < 4.78 is 13.6. The molecule has 21 heavy (non-hydrogen) atoms. The van der Waals surface area contributed by atoms with Gasteiger partial charge in [-0.15, -0.1) is 0 Å². The van der Waals surface area contributed by atoms with Crippen molar-refractivity contribution in [3.8, 4) is 0 Å². The molecule has 2 unspecified atom stereocenters. The molecular formula is C19H22FN. The Balaban J connectivity index is 1.99. The van der Waals surface area contributed by atoms with E-state index in [1.807, 2.05) is 12.1 Å². The SMILES string of the molecule is CCNC(c1cccc(F)c1)C1CCCc2ccccc21. The molecule has 2 heteroatoms. The summed E-state index contributed by atoms with van der Waals surface area (Å²) in [7, 11) is 0. The lowest BCUT2D eigenvalue weighted by Gasteiger charge is -2.33. The molecule has 0 saturated heterocycles. The number of likely N-dealkylation sites (N-methyl/N-ethyl adjacent to an activating group) is 1. The van der Waals surface area contributed by atoms with Crippen LogP contribution in [0, 0.1) is 5.82 Å². The van der Waals surface area contributed by atoms with Gasteiger partial charge in [-0.3, -0.25) is 0 Å². The van der Waals surface area contributed by atoms with E-state index >= 15 is 0 Å². The van der Waals surface area contributed by atoms with Gasteiger partial charge in [0.1, 0.15) is 5.82 Å². The second kappa shape index (κ2) is 6.40. The van der Waals surface area contributed by atoms with Crippen molar-refractivity contribution in [1.29, 1.82) is 0 Å². The third-order valence-electron chi connectivity index (χ3n) is 4.45. The van der Waals surface area contributed by atoms with E-state index in [4.69, 9.17) is 0 Å². The third kappa shape index (κ3) is 3.01. The lowest BCUT2D eigenvalue weighted by Crippen LogP contribution is -2.29. The van der Waals surface area contributed by atoms with Crippen LogP contribution in [0.4, 0.5) is 4.39 Å². The number of hydrogen-bond acceptors (Lipinski definition) is 1. The largest absolute Gasteiger partial charge is 0.310 e. The summed E-state index contributed by atoms with van der Waals surface area (Å²) in [4.78, 5) is 0. The van der Waals surface area contributed by atoms with Gasteiger partial charge in [0.25, 0.3) is 0 Å². The van der Waals surface area contributed by atoms with E-state index < -0.39 is 0 Å². The smallest absolute Gasteiger partial charge is 0.123 e. The van der Waals surface area contributed by atoms with Gasteiger partial charge in [-0.25, -0.2) is 4.39 Å². The molecule has 1 aliphatic rings. The summed E-state index contributed by atoms with van der Waals surface area (Å²) in [6.45, 7) is 3.00. The van der Waals surface area contributed by atoms with Crippen LogP contribution in [0.3, 0.4) is 0 Å². The van der Waals surface area contributed by atoms with Crippen molar-refractivity contribution in [2.75, 3.05) is 6.54 Å². The molecule has 2 aromatic carbocycles. The molecule has 0 saturated carbocycles. The third-order valence-corrected chi connectivity index (χ3v) is 4.45. The van der Waals surface area contributed by atoms with Crippen LogP contribution >= 0.6 is 0 Å². The Morgan fingerprint density at radius 2 is 2.05 bits per heavy atom. The maximum absolute atomic E-state index is 13.6. The molecule has 2 aromatic rings. The zero-order valence-electron chi connectivity index (χ0n) is 12.5. The lowest BCUT2D eigenvalue weighted by atomic mass is 9.76. The molecular weight excluding hydrogens is 261 g/mol. The monoisotopic (exact) mass is 283 g/mol. The average molecular weight is 283 g/mol. The number of hydrogen-bond donors (Lipinski definition) is 1. The fraction of sp³-hybridized carbons (Fsp3) is 0.368. The quantitative estimate of drug-likeness (QED) is 0.865. The topological polar surface area (TPSA) is 12.0 Å². The second-order valence-electron chi connectivity index (χ2n) is 5.79. The highest BCUT2D eigenvalue weighted by Crippen LogP contribution is 2.40. The van der Waals surface area contributed by atoms with Crippen LogP contribution in [0.15, 0.2) is 48.5 Å². The van der Waals surface area contributed by atoms with Gasteiger partial charge in [-0.1, -0.05) is 43.3 Å².